The Labute approximate surface area is 105 Å². The number of ether oxygens (including phenoxy) is 1. The first-order valence-corrected chi connectivity index (χ1v) is 5.85. The summed E-state index contributed by atoms with van der Waals surface area (Å²) < 4.78 is 40.1. The second kappa shape index (κ2) is 6.75. The van der Waals surface area contributed by atoms with Crippen molar-refractivity contribution in [3.05, 3.63) is 35.9 Å². The van der Waals surface area contributed by atoms with Gasteiger partial charge in [-0.15, -0.1) is 0 Å². The molecule has 0 radical (unpaired) electrons. The number of hydrogen-bond acceptors (Lipinski definition) is 2. The Bertz CT molecular complexity index is 340. The van der Waals surface area contributed by atoms with Gasteiger partial charge in [-0.25, -0.2) is 0 Å². The largest absolute Gasteiger partial charge is 0.411 e. The van der Waals surface area contributed by atoms with Crippen molar-refractivity contribution in [1.82, 2.24) is 0 Å². The molecule has 102 valence electrons. The van der Waals surface area contributed by atoms with Crippen molar-refractivity contribution in [3.63, 3.8) is 0 Å². The zero-order valence-electron chi connectivity index (χ0n) is 10.3. The molecule has 0 amide bonds. The Balaban J connectivity index is 2.31. The van der Waals surface area contributed by atoms with Crippen LogP contribution in [-0.4, -0.2) is 19.4 Å². The Morgan fingerprint density at radius 3 is 2.39 bits per heavy atom. The van der Waals surface area contributed by atoms with E-state index < -0.39 is 12.8 Å². The van der Waals surface area contributed by atoms with Crippen LogP contribution in [0.15, 0.2) is 30.3 Å². The lowest BCUT2D eigenvalue weighted by atomic mass is 9.93. The van der Waals surface area contributed by atoms with Crippen LogP contribution in [0.2, 0.25) is 0 Å². The first kappa shape index (κ1) is 15.0. The lowest BCUT2D eigenvalue weighted by Crippen LogP contribution is -2.22. The normalized spacial score (nSPS) is 15.4. The predicted molar refractivity (Wildman–Crippen MR) is 64.0 cm³/mol. The number of benzene rings is 1. The van der Waals surface area contributed by atoms with E-state index in [9.17, 15) is 13.2 Å². The van der Waals surface area contributed by atoms with Gasteiger partial charge < -0.3 is 10.5 Å². The highest BCUT2D eigenvalue weighted by molar-refractivity contribution is 5.18. The fourth-order valence-electron chi connectivity index (χ4n) is 1.64. The molecule has 1 rings (SSSR count). The molecule has 0 aromatic heterocycles. The summed E-state index contributed by atoms with van der Waals surface area (Å²) in [6, 6.07) is 9.33. The van der Waals surface area contributed by atoms with E-state index in [4.69, 9.17) is 5.73 Å². The molecule has 2 unspecified atom stereocenters. The van der Waals surface area contributed by atoms with E-state index >= 15 is 0 Å². The van der Waals surface area contributed by atoms with Crippen LogP contribution in [-0.2, 0) is 4.74 Å². The first-order chi connectivity index (χ1) is 8.40. The molecule has 0 heterocycles. The van der Waals surface area contributed by atoms with E-state index in [0.717, 1.165) is 5.56 Å². The van der Waals surface area contributed by atoms with Crippen molar-refractivity contribution in [2.45, 2.75) is 25.6 Å². The number of hydrogen-bond donors (Lipinski definition) is 1. The summed E-state index contributed by atoms with van der Waals surface area (Å²) in [5, 5.41) is 0. The summed E-state index contributed by atoms with van der Waals surface area (Å²) >= 11 is 0. The van der Waals surface area contributed by atoms with E-state index in [-0.39, 0.29) is 18.6 Å². The third kappa shape index (κ3) is 5.51. The van der Waals surface area contributed by atoms with Crippen LogP contribution in [0.4, 0.5) is 13.2 Å². The molecule has 18 heavy (non-hydrogen) atoms. The van der Waals surface area contributed by atoms with Crippen LogP contribution < -0.4 is 5.73 Å². The minimum atomic E-state index is -4.26. The van der Waals surface area contributed by atoms with Gasteiger partial charge in [-0.1, -0.05) is 37.3 Å². The summed E-state index contributed by atoms with van der Waals surface area (Å²) in [5.41, 5.74) is 7.02. The molecule has 0 saturated carbocycles. The van der Waals surface area contributed by atoms with Crippen molar-refractivity contribution in [2.24, 2.45) is 11.7 Å². The van der Waals surface area contributed by atoms with Crippen LogP contribution in [0.1, 0.15) is 24.9 Å². The van der Waals surface area contributed by atoms with Crippen molar-refractivity contribution in [3.8, 4) is 0 Å². The highest BCUT2D eigenvalue weighted by Gasteiger charge is 2.27. The van der Waals surface area contributed by atoms with Gasteiger partial charge in [0.25, 0.3) is 0 Å². The predicted octanol–water partition coefficient (Wildman–Crippen LogP) is 3.29. The topological polar surface area (TPSA) is 35.2 Å². The zero-order chi connectivity index (χ0) is 13.6. The smallest absolute Gasteiger partial charge is 0.372 e. The van der Waals surface area contributed by atoms with E-state index in [1.54, 1.807) is 0 Å². The van der Waals surface area contributed by atoms with Crippen molar-refractivity contribution < 1.29 is 17.9 Å². The molecular weight excluding hydrogens is 243 g/mol. The van der Waals surface area contributed by atoms with Crippen LogP contribution in [0, 0.1) is 5.92 Å². The SMILES string of the molecule is CC(CCOCC(F)(F)F)C(N)c1ccccc1. The van der Waals surface area contributed by atoms with Crippen molar-refractivity contribution >= 4 is 0 Å². The monoisotopic (exact) mass is 261 g/mol. The lowest BCUT2D eigenvalue weighted by molar-refractivity contribution is -0.174. The first-order valence-electron chi connectivity index (χ1n) is 5.85. The van der Waals surface area contributed by atoms with Gasteiger partial charge in [0, 0.05) is 12.6 Å². The van der Waals surface area contributed by atoms with Gasteiger partial charge in [0.15, 0.2) is 0 Å². The molecule has 1 aromatic carbocycles. The Hall–Kier alpha value is -1.07. The molecule has 5 heteroatoms. The molecule has 0 aliphatic rings. The standard InChI is InChI=1S/C13H18F3NO/c1-10(7-8-18-9-13(14,15)16)12(17)11-5-3-2-4-6-11/h2-6,10,12H,7-9,17H2,1H3. The van der Waals surface area contributed by atoms with Gasteiger partial charge in [-0.3, -0.25) is 0 Å². The van der Waals surface area contributed by atoms with Crippen LogP contribution in [0.25, 0.3) is 0 Å². The van der Waals surface area contributed by atoms with Gasteiger partial charge in [0.2, 0.25) is 0 Å². The molecule has 2 atom stereocenters. The molecule has 0 fully saturated rings. The van der Waals surface area contributed by atoms with Crippen LogP contribution >= 0.6 is 0 Å². The van der Waals surface area contributed by atoms with E-state index in [1.807, 2.05) is 37.3 Å². The summed E-state index contributed by atoms with van der Waals surface area (Å²) in [6.45, 7) is 0.788. The molecule has 1 aromatic rings. The number of alkyl halides is 3. The molecule has 0 aliphatic carbocycles. The molecule has 0 bridgehead atoms. The molecule has 0 saturated heterocycles. The van der Waals surface area contributed by atoms with Gasteiger partial charge in [-0.05, 0) is 17.9 Å². The average molecular weight is 261 g/mol. The van der Waals surface area contributed by atoms with Gasteiger partial charge in [0.05, 0.1) is 0 Å². The number of rotatable bonds is 6. The second-order valence-corrected chi connectivity index (χ2v) is 4.37. The highest BCUT2D eigenvalue weighted by Crippen LogP contribution is 2.22. The minimum Gasteiger partial charge on any atom is -0.372 e. The van der Waals surface area contributed by atoms with Crippen molar-refractivity contribution in [2.75, 3.05) is 13.2 Å². The fraction of sp³-hybridized carbons (Fsp3) is 0.538. The summed E-state index contributed by atoms with van der Waals surface area (Å²) in [6.07, 6.45) is -3.75. The maximum absolute atomic E-state index is 11.9. The average Bonchev–Trinajstić information content (AvgIpc) is 2.33. The van der Waals surface area contributed by atoms with Gasteiger partial charge in [0.1, 0.15) is 6.61 Å². The molecule has 0 spiro atoms. The zero-order valence-corrected chi connectivity index (χ0v) is 10.3. The summed E-state index contributed by atoms with van der Waals surface area (Å²) in [7, 11) is 0. The number of halogens is 3. The van der Waals surface area contributed by atoms with Gasteiger partial charge >= 0.3 is 6.18 Å². The summed E-state index contributed by atoms with van der Waals surface area (Å²) in [4.78, 5) is 0. The highest BCUT2D eigenvalue weighted by atomic mass is 19.4. The van der Waals surface area contributed by atoms with Crippen LogP contribution in [0.5, 0.6) is 0 Å². The fourth-order valence-corrected chi connectivity index (χ4v) is 1.64. The minimum absolute atomic E-state index is 0.0700. The summed E-state index contributed by atoms with van der Waals surface area (Å²) in [5.74, 6) is 0.0700. The third-order valence-electron chi connectivity index (χ3n) is 2.78. The quantitative estimate of drug-likeness (QED) is 0.797. The van der Waals surface area contributed by atoms with Gasteiger partial charge in [-0.2, -0.15) is 13.2 Å². The molecule has 2 nitrogen and oxygen atoms in total. The van der Waals surface area contributed by atoms with E-state index in [0.29, 0.717) is 6.42 Å². The Kier molecular flexibility index (Phi) is 5.62. The maximum Gasteiger partial charge on any atom is 0.411 e. The molecular formula is C13H18F3NO. The third-order valence-corrected chi connectivity index (χ3v) is 2.78. The Morgan fingerprint density at radius 1 is 1.22 bits per heavy atom. The van der Waals surface area contributed by atoms with E-state index in [2.05, 4.69) is 4.74 Å². The molecule has 2 N–H and O–H groups in total. The lowest BCUT2D eigenvalue weighted by Gasteiger charge is -2.20. The number of nitrogens with two attached hydrogens (primary N) is 1. The van der Waals surface area contributed by atoms with Crippen molar-refractivity contribution in [1.29, 1.82) is 0 Å². The maximum atomic E-state index is 11.9. The second-order valence-electron chi connectivity index (χ2n) is 4.37. The van der Waals surface area contributed by atoms with E-state index in [1.165, 1.54) is 0 Å². The van der Waals surface area contributed by atoms with Crippen LogP contribution in [0.3, 0.4) is 0 Å². The molecule has 0 aliphatic heterocycles. The Morgan fingerprint density at radius 2 is 1.83 bits per heavy atom.